The van der Waals surface area contributed by atoms with Crippen LogP contribution in [0.3, 0.4) is 0 Å². The van der Waals surface area contributed by atoms with E-state index in [0.29, 0.717) is 34.8 Å². The molecule has 0 aliphatic carbocycles. The minimum absolute atomic E-state index is 0.0000399. The zero-order valence-electron chi connectivity index (χ0n) is 26.1. The molecule has 0 aromatic carbocycles. The van der Waals surface area contributed by atoms with E-state index in [1.165, 1.54) is 0 Å². The largest absolute Gasteiger partial charge is 0.460 e. The number of rotatable bonds is 13. The highest BCUT2D eigenvalue weighted by Gasteiger charge is 2.92. The third-order valence-corrected chi connectivity index (χ3v) is 12.7. The van der Waals surface area contributed by atoms with Crippen molar-refractivity contribution in [3.63, 3.8) is 0 Å². The van der Waals surface area contributed by atoms with Crippen molar-refractivity contribution in [2.45, 2.75) is 71.6 Å². The smallest absolute Gasteiger partial charge is 0.193 e. The van der Waals surface area contributed by atoms with Crippen LogP contribution in [0.25, 0.3) is 29.3 Å². The van der Waals surface area contributed by atoms with Crippen LogP contribution >= 0.6 is 45.3 Å². The fourth-order valence-corrected chi connectivity index (χ4v) is 8.64. The van der Waals surface area contributed by atoms with Crippen molar-refractivity contribution in [1.82, 2.24) is 0 Å². The predicted molar refractivity (Wildman–Crippen MR) is 154 cm³/mol. The highest BCUT2D eigenvalue weighted by molar-refractivity contribution is 7.28. The lowest BCUT2D eigenvalue weighted by molar-refractivity contribution is -0.441. The molecule has 58 heavy (non-hydrogen) atoms. The third kappa shape index (κ3) is 6.63. The van der Waals surface area contributed by atoms with Crippen molar-refractivity contribution in [2.75, 3.05) is 0 Å². The first-order valence-corrected chi connectivity index (χ1v) is 17.2. The van der Waals surface area contributed by atoms with Crippen LogP contribution in [0.1, 0.15) is 9.75 Å². The maximum atomic E-state index is 14.6. The summed E-state index contributed by atoms with van der Waals surface area (Å²) in [6.45, 7) is 0. The molecule has 0 N–H and O–H groups in total. The molecule has 30 heteroatoms. The van der Waals surface area contributed by atoms with Crippen LogP contribution in [0.15, 0.2) is 48.5 Å². The molecule has 0 saturated carbocycles. The average molecular weight is 967 g/mol. The summed E-state index contributed by atoms with van der Waals surface area (Å²) in [5.41, 5.74) is 0. The minimum Gasteiger partial charge on any atom is -0.193 e. The number of alkyl halides is 26. The fourth-order valence-electron chi connectivity index (χ4n) is 4.33. The van der Waals surface area contributed by atoms with Crippen molar-refractivity contribution in [1.29, 1.82) is 0 Å². The molecule has 0 nitrogen and oxygen atoms in total. The van der Waals surface area contributed by atoms with Crippen molar-refractivity contribution in [2.24, 2.45) is 0 Å². The normalized spacial score (nSPS) is 15.4. The van der Waals surface area contributed by atoms with Gasteiger partial charge in [0.15, 0.2) is 0 Å². The molecule has 0 spiro atoms. The van der Waals surface area contributed by atoms with Crippen LogP contribution in [0.2, 0.25) is 0 Å². The second-order valence-electron chi connectivity index (χ2n) is 11.4. The molecule has 4 aromatic rings. The van der Waals surface area contributed by atoms with E-state index >= 15 is 0 Å². The molecule has 0 fully saturated rings. The van der Waals surface area contributed by atoms with Gasteiger partial charge in [-0.15, -0.1) is 45.3 Å². The van der Waals surface area contributed by atoms with E-state index in [1.54, 1.807) is 0 Å². The summed E-state index contributed by atoms with van der Waals surface area (Å²) in [5.74, 6) is -76.5. The second-order valence-corrected chi connectivity index (χ2v) is 15.7. The van der Waals surface area contributed by atoms with E-state index in [2.05, 4.69) is 0 Å². The standard InChI is InChI=1S/C28H8F26S4/c29-17(30,19(33,34)21(37,38)23(41,42)25(45,46)27(49,50)51)15-7-5-13(57-15)11-3-1-9(55-11)10-2-4-12(56-10)14-6-8-16(58-14)18(31,32)20(35,36)22(39,40)24(43,44)26(47,48)28(52,53)54/h1-8H. The molecule has 0 saturated heterocycles. The van der Waals surface area contributed by atoms with E-state index in [9.17, 15) is 114 Å². The van der Waals surface area contributed by atoms with Gasteiger partial charge < -0.3 is 0 Å². The number of hydrogen-bond donors (Lipinski definition) is 0. The predicted octanol–water partition coefficient (Wildman–Crippen LogP) is 15.3. The molecule has 0 unspecified atom stereocenters. The molecule has 0 aliphatic heterocycles. The van der Waals surface area contributed by atoms with Gasteiger partial charge in [-0.1, -0.05) is 0 Å². The number of halogens is 26. The Morgan fingerprint density at radius 3 is 0.638 bits per heavy atom. The van der Waals surface area contributed by atoms with E-state index in [0.717, 1.165) is 24.3 Å². The van der Waals surface area contributed by atoms with Crippen molar-refractivity contribution < 1.29 is 114 Å². The topological polar surface area (TPSA) is 0 Å². The van der Waals surface area contributed by atoms with E-state index in [-0.39, 0.29) is 31.6 Å². The van der Waals surface area contributed by atoms with Crippen LogP contribution in [-0.4, -0.2) is 59.7 Å². The van der Waals surface area contributed by atoms with Crippen LogP contribution in [-0.2, 0) is 11.8 Å². The van der Waals surface area contributed by atoms with Gasteiger partial charge in [-0.05, 0) is 48.5 Å². The SMILES string of the molecule is FC(F)(F)C(F)(F)C(F)(F)C(F)(F)C(F)(F)C(F)(F)c1ccc(-c2ccc(-c3ccc(-c4ccc(C(F)(F)C(F)(F)C(F)(F)C(F)(F)C(F)(F)C(F)(F)F)s4)s3)s2)s1. The first-order chi connectivity index (χ1) is 25.6. The first-order valence-electron chi connectivity index (χ1n) is 13.9. The Bertz CT molecular complexity index is 1950. The molecule has 0 atom stereocenters. The third-order valence-electron chi connectivity index (χ3n) is 7.64. The maximum absolute atomic E-state index is 14.6. The minimum atomic E-state index is -8.13. The van der Waals surface area contributed by atoms with Gasteiger partial charge in [0.05, 0.1) is 9.75 Å². The van der Waals surface area contributed by atoms with Crippen molar-refractivity contribution in [3.8, 4) is 29.3 Å². The van der Waals surface area contributed by atoms with Gasteiger partial charge in [0.25, 0.3) is 0 Å². The molecular formula is C28H8F26S4. The molecule has 0 bridgehead atoms. The van der Waals surface area contributed by atoms with Crippen LogP contribution in [0.5, 0.6) is 0 Å². The molecule has 4 rings (SSSR count). The molecule has 0 amide bonds. The summed E-state index contributed by atoms with van der Waals surface area (Å²) in [6, 6.07) is 4.94. The number of thiophene rings is 4. The van der Waals surface area contributed by atoms with Crippen LogP contribution in [0.4, 0.5) is 114 Å². The van der Waals surface area contributed by atoms with Gasteiger partial charge in [-0.25, -0.2) is 0 Å². The lowest BCUT2D eigenvalue weighted by Gasteiger charge is -2.39. The van der Waals surface area contributed by atoms with Gasteiger partial charge in [-0.3, -0.25) is 0 Å². The Morgan fingerprint density at radius 1 is 0.224 bits per heavy atom. The van der Waals surface area contributed by atoms with E-state index in [4.69, 9.17) is 0 Å². The van der Waals surface area contributed by atoms with Gasteiger partial charge in [0, 0.05) is 29.3 Å². The van der Waals surface area contributed by atoms with E-state index in [1.807, 2.05) is 0 Å². The maximum Gasteiger partial charge on any atom is 0.460 e. The monoisotopic (exact) mass is 966 g/mol. The first kappa shape index (κ1) is 47.7. The average Bonchev–Trinajstić information content (AvgIpc) is 3.89. The van der Waals surface area contributed by atoms with Gasteiger partial charge in [0.2, 0.25) is 0 Å². The van der Waals surface area contributed by atoms with Crippen molar-refractivity contribution >= 4 is 45.3 Å². The Hall–Kier alpha value is -3.02. The highest BCUT2D eigenvalue weighted by atomic mass is 32.1. The molecule has 0 radical (unpaired) electrons. The summed E-state index contributed by atoms with van der Waals surface area (Å²) in [4.78, 5) is -6.13. The van der Waals surface area contributed by atoms with Crippen LogP contribution < -0.4 is 0 Å². The number of hydrogen-bond acceptors (Lipinski definition) is 4. The lowest BCUT2D eigenvalue weighted by atomic mass is 9.93. The van der Waals surface area contributed by atoms with Gasteiger partial charge in [0.1, 0.15) is 0 Å². The highest BCUT2D eigenvalue weighted by Crippen LogP contribution is 2.65. The summed E-state index contributed by atoms with van der Waals surface area (Å²) < 4.78 is 353. The zero-order chi connectivity index (χ0) is 45.1. The van der Waals surface area contributed by atoms with Gasteiger partial charge >= 0.3 is 71.6 Å². The Balaban J connectivity index is 1.60. The Labute approximate surface area is 318 Å². The molecule has 4 heterocycles. The second kappa shape index (κ2) is 13.7. The van der Waals surface area contributed by atoms with E-state index < -0.39 is 114 Å². The molecule has 326 valence electrons. The fraction of sp³-hybridized carbons (Fsp3) is 0.429. The quantitative estimate of drug-likeness (QED) is 0.117. The lowest BCUT2D eigenvalue weighted by Crippen LogP contribution is -2.69. The summed E-state index contributed by atoms with van der Waals surface area (Å²) in [7, 11) is 0. The zero-order valence-corrected chi connectivity index (χ0v) is 29.3. The Morgan fingerprint density at radius 2 is 0.414 bits per heavy atom. The summed E-state index contributed by atoms with van der Waals surface area (Å²) >= 11 is -0.0973. The van der Waals surface area contributed by atoms with Crippen LogP contribution in [0, 0.1) is 0 Å². The molecule has 0 aliphatic rings. The van der Waals surface area contributed by atoms with Crippen molar-refractivity contribution in [3.05, 3.63) is 58.3 Å². The Kier molecular flexibility index (Phi) is 11.3. The molecular weight excluding hydrogens is 959 g/mol. The molecule has 4 aromatic heterocycles. The van der Waals surface area contributed by atoms with Gasteiger partial charge in [-0.2, -0.15) is 114 Å². The summed E-state index contributed by atoms with van der Waals surface area (Å²) in [6.07, 6.45) is -15.2. The summed E-state index contributed by atoms with van der Waals surface area (Å²) in [5, 5.41) is 0.